The van der Waals surface area contributed by atoms with E-state index in [1.165, 1.54) is 0 Å². The fraction of sp³-hybridized carbons (Fsp3) is 0.235. The molecular formula is C17H16Cl2N3O2-. The number of rotatable bonds is 8. The molecule has 126 valence electrons. The summed E-state index contributed by atoms with van der Waals surface area (Å²) in [7, 11) is 0. The van der Waals surface area contributed by atoms with Crippen LogP contribution in [0.15, 0.2) is 47.7 Å². The van der Waals surface area contributed by atoms with Gasteiger partial charge in [-0.05, 0) is 56.0 Å². The van der Waals surface area contributed by atoms with E-state index < -0.39 is 5.97 Å². The topological polar surface area (TPSA) is 77.4 Å². The van der Waals surface area contributed by atoms with Gasteiger partial charge < -0.3 is 9.90 Å². The van der Waals surface area contributed by atoms with Crippen molar-refractivity contribution in [3.8, 4) is 0 Å². The number of hydrogen-bond donors (Lipinski definition) is 1. The van der Waals surface area contributed by atoms with Crippen LogP contribution in [0.2, 0.25) is 10.0 Å². The molecule has 0 bridgehead atoms. The van der Waals surface area contributed by atoms with Crippen LogP contribution in [0.5, 0.6) is 0 Å². The van der Waals surface area contributed by atoms with E-state index in [1.807, 2.05) is 18.2 Å². The summed E-state index contributed by atoms with van der Waals surface area (Å²) in [5.74, 6) is -1.05. The van der Waals surface area contributed by atoms with Gasteiger partial charge in [-0.15, -0.1) is 0 Å². The van der Waals surface area contributed by atoms with Gasteiger partial charge in [-0.25, -0.2) is 0 Å². The van der Waals surface area contributed by atoms with Gasteiger partial charge in [0.2, 0.25) is 0 Å². The number of carboxylic acid groups (broad SMARTS) is 1. The average molecular weight is 365 g/mol. The first-order valence-electron chi connectivity index (χ1n) is 7.45. The fourth-order valence-electron chi connectivity index (χ4n) is 2.05. The lowest BCUT2D eigenvalue weighted by Crippen LogP contribution is -2.21. The number of halogens is 2. The Morgan fingerprint density at radius 3 is 2.67 bits per heavy atom. The normalized spacial score (nSPS) is 11.3. The first-order chi connectivity index (χ1) is 11.6. The Kier molecular flexibility index (Phi) is 7.03. The molecule has 1 N–H and O–H groups in total. The third kappa shape index (κ3) is 5.83. The minimum Gasteiger partial charge on any atom is -0.550 e. The molecule has 24 heavy (non-hydrogen) atoms. The lowest BCUT2D eigenvalue weighted by Gasteiger charge is -2.09. The van der Waals surface area contributed by atoms with Crippen LogP contribution in [0.25, 0.3) is 0 Å². The molecule has 5 nitrogen and oxygen atoms in total. The summed E-state index contributed by atoms with van der Waals surface area (Å²) >= 11 is 12.1. The van der Waals surface area contributed by atoms with Gasteiger partial charge in [-0.1, -0.05) is 29.3 Å². The van der Waals surface area contributed by atoms with E-state index in [-0.39, 0.29) is 6.42 Å². The average Bonchev–Trinajstić information content (AvgIpc) is 2.57. The van der Waals surface area contributed by atoms with Crippen LogP contribution >= 0.6 is 23.2 Å². The Morgan fingerprint density at radius 2 is 1.96 bits per heavy atom. The van der Waals surface area contributed by atoms with Gasteiger partial charge in [0.15, 0.2) is 0 Å². The van der Waals surface area contributed by atoms with Gasteiger partial charge in [0, 0.05) is 17.2 Å². The number of benzene rings is 1. The van der Waals surface area contributed by atoms with Gasteiger partial charge in [-0.3, -0.25) is 10.4 Å². The van der Waals surface area contributed by atoms with Crippen LogP contribution in [0, 0.1) is 0 Å². The van der Waals surface area contributed by atoms with Crippen molar-refractivity contribution in [3.63, 3.8) is 0 Å². The Labute approximate surface area is 150 Å². The van der Waals surface area contributed by atoms with Gasteiger partial charge in [0.05, 0.1) is 22.1 Å². The quantitative estimate of drug-likeness (QED) is 0.441. The summed E-state index contributed by atoms with van der Waals surface area (Å²) in [5.41, 5.74) is 4.93. The maximum atomic E-state index is 10.5. The molecule has 1 aromatic carbocycles. The molecule has 0 aliphatic rings. The largest absolute Gasteiger partial charge is 0.550 e. The summed E-state index contributed by atoms with van der Waals surface area (Å²) < 4.78 is 0. The minimum atomic E-state index is -1.05. The molecule has 7 heteroatoms. The van der Waals surface area contributed by atoms with Crippen molar-refractivity contribution < 1.29 is 9.90 Å². The van der Waals surface area contributed by atoms with Crippen molar-refractivity contribution >= 4 is 40.6 Å². The number of anilines is 1. The molecule has 1 heterocycles. The Balaban J connectivity index is 2.12. The molecule has 0 fully saturated rings. The molecule has 0 aliphatic heterocycles. The number of pyridine rings is 1. The molecule has 0 aliphatic carbocycles. The van der Waals surface area contributed by atoms with Crippen LogP contribution in [0.4, 0.5) is 5.69 Å². The summed E-state index contributed by atoms with van der Waals surface area (Å²) in [6.45, 7) is 0. The summed E-state index contributed by atoms with van der Waals surface area (Å²) in [6, 6.07) is 10.6. The SMILES string of the molecule is O=C([O-])CCCC/C(=N/Nc1cc(Cl)ccc1Cl)c1ccccn1. The van der Waals surface area contributed by atoms with Gasteiger partial charge >= 0.3 is 0 Å². The first kappa shape index (κ1) is 18.2. The highest BCUT2D eigenvalue weighted by molar-refractivity contribution is 6.35. The molecule has 1 aromatic heterocycles. The van der Waals surface area contributed by atoms with Gasteiger partial charge in [0.1, 0.15) is 0 Å². The second kappa shape index (κ2) is 9.25. The van der Waals surface area contributed by atoms with Crippen LogP contribution in [0.3, 0.4) is 0 Å². The molecule has 0 amide bonds. The number of aromatic nitrogens is 1. The van der Waals surface area contributed by atoms with Crippen molar-refractivity contribution in [2.24, 2.45) is 5.10 Å². The number of nitrogens with zero attached hydrogens (tertiary/aromatic N) is 2. The third-order valence-electron chi connectivity index (χ3n) is 3.24. The van der Waals surface area contributed by atoms with Crippen molar-refractivity contribution in [1.82, 2.24) is 4.98 Å². The predicted octanol–water partition coefficient (Wildman–Crippen LogP) is 3.51. The van der Waals surface area contributed by atoms with E-state index >= 15 is 0 Å². The summed E-state index contributed by atoms with van der Waals surface area (Å²) in [4.78, 5) is 14.8. The molecule has 0 atom stereocenters. The monoisotopic (exact) mass is 364 g/mol. The molecule has 0 radical (unpaired) electrons. The van der Waals surface area contributed by atoms with E-state index in [0.29, 0.717) is 40.7 Å². The van der Waals surface area contributed by atoms with Crippen LogP contribution < -0.4 is 10.5 Å². The lowest BCUT2D eigenvalue weighted by molar-refractivity contribution is -0.305. The lowest BCUT2D eigenvalue weighted by atomic mass is 10.1. The maximum absolute atomic E-state index is 10.5. The van der Waals surface area contributed by atoms with Crippen molar-refractivity contribution in [2.75, 3.05) is 5.43 Å². The zero-order valence-corrected chi connectivity index (χ0v) is 14.3. The predicted molar refractivity (Wildman–Crippen MR) is 94.3 cm³/mol. The Hall–Kier alpha value is -2.11. The standard InChI is InChI=1S/C17H17Cl2N3O2/c18-12-8-9-13(19)16(11-12)22-21-15(6-1-2-7-17(23)24)14-5-3-4-10-20-14/h3-5,8-11,22H,1-2,6-7H2,(H,23,24)/p-1/b21-15-. The van der Waals surface area contributed by atoms with Crippen molar-refractivity contribution in [1.29, 1.82) is 0 Å². The second-order valence-electron chi connectivity index (χ2n) is 5.09. The highest BCUT2D eigenvalue weighted by Gasteiger charge is 2.06. The zero-order chi connectivity index (χ0) is 17.4. The maximum Gasteiger partial charge on any atom is 0.0863 e. The number of unbranched alkanes of at least 4 members (excludes halogenated alkanes) is 1. The van der Waals surface area contributed by atoms with Crippen molar-refractivity contribution in [3.05, 3.63) is 58.3 Å². The number of nitrogens with one attached hydrogen (secondary N) is 1. The molecular weight excluding hydrogens is 349 g/mol. The van der Waals surface area contributed by atoms with Crippen LogP contribution in [-0.4, -0.2) is 16.7 Å². The zero-order valence-electron chi connectivity index (χ0n) is 12.8. The molecule has 2 aromatic rings. The number of carbonyl (C=O) groups is 1. The molecule has 0 spiro atoms. The van der Waals surface area contributed by atoms with E-state index in [1.54, 1.807) is 24.4 Å². The fourth-order valence-corrected chi connectivity index (χ4v) is 2.38. The van der Waals surface area contributed by atoms with Gasteiger partial charge in [-0.2, -0.15) is 5.10 Å². The molecule has 0 saturated heterocycles. The first-order valence-corrected chi connectivity index (χ1v) is 8.20. The number of hydrogen-bond acceptors (Lipinski definition) is 5. The minimum absolute atomic E-state index is 0.0308. The van der Waals surface area contributed by atoms with Crippen LogP contribution in [-0.2, 0) is 4.79 Å². The van der Waals surface area contributed by atoms with Gasteiger partial charge in [0.25, 0.3) is 0 Å². The smallest absolute Gasteiger partial charge is 0.0863 e. The number of aliphatic carboxylic acids is 1. The molecule has 0 unspecified atom stereocenters. The summed E-state index contributed by atoms with van der Waals surface area (Å²) in [5, 5.41) is 15.9. The van der Waals surface area contributed by atoms with E-state index in [0.717, 1.165) is 5.69 Å². The summed E-state index contributed by atoms with van der Waals surface area (Å²) in [6.07, 6.45) is 3.47. The second-order valence-corrected chi connectivity index (χ2v) is 5.93. The number of carboxylic acids is 1. The van der Waals surface area contributed by atoms with E-state index in [2.05, 4.69) is 15.5 Å². The van der Waals surface area contributed by atoms with E-state index in [4.69, 9.17) is 23.2 Å². The van der Waals surface area contributed by atoms with Crippen molar-refractivity contribution in [2.45, 2.75) is 25.7 Å². The Morgan fingerprint density at radius 1 is 1.17 bits per heavy atom. The Bertz CT molecular complexity index is 721. The van der Waals surface area contributed by atoms with Crippen LogP contribution in [0.1, 0.15) is 31.4 Å². The third-order valence-corrected chi connectivity index (χ3v) is 3.81. The molecule has 0 saturated carbocycles. The highest BCUT2D eigenvalue weighted by Crippen LogP contribution is 2.25. The highest BCUT2D eigenvalue weighted by atomic mass is 35.5. The number of carbonyl (C=O) groups excluding carboxylic acids is 1. The number of hydrazone groups is 1. The molecule has 2 rings (SSSR count). The van der Waals surface area contributed by atoms with E-state index in [9.17, 15) is 9.90 Å².